The monoisotopic (exact) mass is 246 g/mol. The van der Waals surface area contributed by atoms with Gasteiger partial charge >= 0.3 is 5.97 Å². The molecule has 1 aromatic rings. The van der Waals surface area contributed by atoms with Crippen LogP contribution in [0.3, 0.4) is 0 Å². The average Bonchev–Trinajstić information content (AvgIpc) is 2.90. The summed E-state index contributed by atoms with van der Waals surface area (Å²) in [4.78, 5) is 15.4. The molecule has 0 aromatic heterocycles. The predicted molar refractivity (Wildman–Crippen MR) is 68.7 cm³/mol. The summed E-state index contributed by atoms with van der Waals surface area (Å²) >= 11 is 0. The van der Waals surface area contributed by atoms with Crippen molar-refractivity contribution >= 4 is 17.6 Å². The fourth-order valence-corrected chi connectivity index (χ4v) is 1.62. The summed E-state index contributed by atoms with van der Waals surface area (Å²) in [7, 11) is 1.67. The fourth-order valence-electron chi connectivity index (χ4n) is 1.62. The molecule has 0 radical (unpaired) electrons. The molecular formula is C12H14N4O2. The van der Waals surface area contributed by atoms with E-state index in [0.29, 0.717) is 18.1 Å². The number of aliphatic carboxylic acids is 1. The van der Waals surface area contributed by atoms with Crippen LogP contribution in [0, 0.1) is 0 Å². The summed E-state index contributed by atoms with van der Waals surface area (Å²) < 4.78 is 0. The third-order valence-electron chi connectivity index (χ3n) is 2.46. The highest BCUT2D eigenvalue weighted by Crippen LogP contribution is 2.04. The van der Waals surface area contributed by atoms with Gasteiger partial charge in [-0.2, -0.15) is 5.10 Å². The number of hydrogen-bond donors (Lipinski definition) is 2. The summed E-state index contributed by atoms with van der Waals surface area (Å²) in [6.45, 7) is 1.44. The number of hydrogen-bond acceptors (Lipinski definition) is 5. The van der Waals surface area contributed by atoms with Gasteiger partial charge in [0, 0.05) is 19.2 Å². The van der Waals surface area contributed by atoms with Crippen molar-refractivity contribution < 1.29 is 9.90 Å². The summed E-state index contributed by atoms with van der Waals surface area (Å²) in [5, 5.41) is 17.8. The van der Waals surface area contributed by atoms with E-state index in [1.807, 2.05) is 6.07 Å². The van der Waals surface area contributed by atoms with E-state index < -0.39 is 5.97 Å². The second-order valence-corrected chi connectivity index (χ2v) is 3.78. The number of guanidine groups is 1. The lowest BCUT2D eigenvalue weighted by atomic mass is 10.1. The van der Waals surface area contributed by atoms with Gasteiger partial charge in [-0.1, -0.05) is 30.3 Å². The first-order valence-electron chi connectivity index (χ1n) is 5.58. The second-order valence-electron chi connectivity index (χ2n) is 3.78. The number of hydrazone groups is 1. The number of carboxylic acids is 1. The Kier molecular flexibility index (Phi) is 3.57. The Hall–Kier alpha value is -2.37. The molecule has 1 aromatic carbocycles. The molecule has 6 heteroatoms. The number of nitrogens with one attached hydrogen (secondary N) is 1. The number of carbonyl (C=O) groups is 1. The molecule has 0 saturated heterocycles. The first-order chi connectivity index (χ1) is 8.68. The lowest BCUT2D eigenvalue weighted by Gasteiger charge is -2.14. The van der Waals surface area contributed by atoms with Gasteiger partial charge in [-0.25, -0.2) is 14.8 Å². The Morgan fingerprint density at radius 1 is 1.44 bits per heavy atom. The minimum absolute atomic E-state index is 0.00509. The number of nitrogens with zero attached hydrogens (tertiary/aromatic N) is 3. The minimum atomic E-state index is -1.06. The molecule has 1 heterocycles. The Balaban J connectivity index is 2.28. The van der Waals surface area contributed by atoms with Gasteiger partial charge in [0.2, 0.25) is 5.96 Å². The Morgan fingerprint density at radius 2 is 2.17 bits per heavy atom. The van der Waals surface area contributed by atoms with Crippen LogP contribution < -0.4 is 5.32 Å². The van der Waals surface area contributed by atoms with Gasteiger partial charge in [-0.3, -0.25) is 0 Å². The molecule has 0 aliphatic carbocycles. The molecule has 6 nitrogen and oxygen atoms in total. The highest BCUT2D eigenvalue weighted by atomic mass is 16.4. The van der Waals surface area contributed by atoms with Crippen LogP contribution in [0.15, 0.2) is 40.4 Å². The molecule has 0 spiro atoms. The van der Waals surface area contributed by atoms with Crippen LogP contribution in [0.1, 0.15) is 5.56 Å². The van der Waals surface area contributed by atoms with Gasteiger partial charge in [0.05, 0.1) is 6.54 Å². The van der Waals surface area contributed by atoms with Crippen LogP contribution in [0.25, 0.3) is 0 Å². The van der Waals surface area contributed by atoms with Crippen molar-refractivity contribution in [2.45, 2.75) is 0 Å². The van der Waals surface area contributed by atoms with E-state index in [9.17, 15) is 9.90 Å². The zero-order valence-electron chi connectivity index (χ0n) is 10.00. The van der Waals surface area contributed by atoms with Crippen LogP contribution in [-0.4, -0.2) is 47.9 Å². The van der Waals surface area contributed by atoms with Gasteiger partial charge in [0.1, 0.15) is 0 Å². The molecule has 0 unspecified atom stereocenters. The SMILES string of the molecule is CN(/N=C(\C(=O)O)c1ccccc1)C1=NCCN1. The molecule has 1 aliphatic heterocycles. The number of benzene rings is 1. The van der Waals surface area contributed by atoms with E-state index in [1.165, 1.54) is 5.01 Å². The molecule has 0 atom stereocenters. The van der Waals surface area contributed by atoms with Crippen molar-refractivity contribution in [2.75, 3.05) is 20.1 Å². The van der Waals surface area contributed by atoms with Crippen molar-refractivity contribution in [3.63, 3.8) is 0 Å². The maximum absolute atomic E-state index is 11.2. The topological polar surface area (TPSA) is 77.3 Å². The van der Waals surface area contributed by atoms with Crippen molar-refractivity contribution in [1.29, 1.82) is 0 Å². The van der Waals surface area contributed by atoms with Gasteiger partial charge in [0.25, 0.3) is 0 Å². The molecule has 18 heavy (non-hydrogen) atoms. The van der Waals surface area contributed by atoms with E-state index in [1.54, 1.807) is 31.3 Å². The molecule has 0 fully saturated rings. The van der Waals surface area contributed by atoms with E-state index in [2.05, 4.69) is 15.4 Å². The normalized spacial score (nSPS) is 14.9. The predicted octanol–water partition coefficient (Wildman–Crippen LogP) is 0.366. The zero-order valence-corrected chi connectivity index (χ0v) is 10.00. The average molecular weight is 246 g/mol. The number of rotatable bonds is 3. The lowest BCUT2D eigenvalue weighted by Crippen LogP contribution is -2.34. The van der Waals surface area contributed by atoms with Crippen molar-refractivity contribution in [3.8, 4) is 0 Å². The summed E-state index contributed by atoms with van der Waals surface area (Å²) in [5.41, 5.74) is 0.560. The second kappa shape index (κ2) is 5.31. The minimum Gasteiger partial charge on any atom is -0.476 e. The Morgan fingerprint density at radius 3 is 2.72 bits per heavy atom. The lowest BCUT2D eigenvalue weighted by molar-refractivity contribution is -0.129. The van der Waals surface area contributed by atoms with Crippen LogP contribution in [0.4, 0.5) is 0 Å². The molecule has 0 saturated carbocycles. The van der Waals surface area contributed by atoms with Crippen LogP contribution in [0.5, 0.6) is 0 Å². The quantitative estimate of drug-likeness (QED) is 0.596. The highest BCUT2D eigenvalue weighted by molar-refractivity contribution is 6.42. The number of aliphatic imine (C=N–C) groups is 1. The summed E-state index contributed by atoms with van der Waals surface area (Å²) in [5.74, 6) is -0.476. The van der Waals surface area contributed by atoms with E-state index in [4.69, 9.17) is 0 Å². The largest absolute Gasteiger partial charge is 0.476 e. The number of carboxylic acid groups (broad SMARTS) is 1. The van der Waals surface area contributed by atoms with Crippen LogP contribution in [-0.2, 0) is 4.79 Å². The standard InChI is InChI=1S/C12H14N4O2/c1-16(12-13-7-8-14-12)15-10(11(17)18)9-5-3-2-4-6-9/h2-6H,7-8H2,1H3,(H,13,14)(H,17,18)/b15-10-. The molecule has 2 N–H and O–H groups in total. The van der Waals surface area contributed by atoms with Gasteiger partial charge in [-0.05, 0) is 0 Å². The van der Waals surface area contributed by atoms with E-state index in [-0.39, 0.29) is 5.71 Å². The highest BCUT2D eigenvalue weighted by Gasteiger charge is 2.16. The van der Waals surface area contributed by atoms with Gasteiger partial charge in [-0.15, -0.1) is 0 Å². The zero-order chi connectivity index (χ0) is 13.0. The van der Waals surface area contributed by atoms with Gasteiger partial charge in [0.15, 0.2) is 5.71 Å². The van der Waals surface area contributed by atoms with Crippen molar-refractivity contribution in [2.24, 2.45) is 10.1 Å². The first kappa shape index (κ1) is 12.1. The van der Waals surface area contributed by atoms with Crippen molar-refractivity contribution in [3.05, 3.63) is 35.9 Å². The van der Waals surface area contributed by atoms with Crippen LogP contribution in [0.2, 0.25) is 0 Å². The molecule has 0 amide bonds. The molecular weight excluding hydrogens is 232 g/mol. The fraction of sp³-hybridized carbons (Fsp3) is 0.250. The van der Waals surface area contributed by atoms with E-state index >= 15 is 0 Å². The van der Waals surface area contributed by atoms with Crippen molar-refractivity contribution in [1.82, 2.24) is 10.3 Å². The smallest absolute Gasteiger partial charge is 0.356 e. The third kappa shape index (κ3) is 2.65. The molecule has 94 valence electrons. The Labute approximate surface area is 105 Å². The van der Waals surface area contributed by atoms with Crippen LogP contribution >= 0.6 is 0 Å². The van der Waals surface area contributed by atoms with Gasteiger partial charge < -0.3 is 10.4 Å². The maximum atomic E-state index is 11.2. The third-order valence-corrected chi connectivity index (χ3v) is 2.46. The molecule has 0 bridgehead atoms. The molecule has 2 rings (SSSR count). The summed E-state index contributed by atoms with van der Waals surface area (Å²) in [6.07, 6.45) is 0. The first-order valence-corrected chi connectivity index (χ1v) is 5.58. The Bertz CT molecular complexity index is 496. The van der Waals surface area contributed by atoms with E-state index in [0.717, 1.165) is 6.54 Å². The molecule has 1 aliphatic rings. The summed E-state index contributed by atoms with van der Waals surface area (Å²) in [6, 6.07) is 8.81. The maximum Gasteiger partial charge on any atom is 0.356 e.